The fourth-order valence-corrected chi connectivity index (χ4v) is 3.63. The van der Waals surface area contributed by atoms with Crippen LogP contribution >= 0.6 is 0 Å². The molecule has 0 saturated heterocycles. The van der Waals surface area contributed by atoms with Crippen LogP contribution < -0.4 is 0 Å². The summed E-state index contributed by atoms with van der Waals surface area (Å²) >= 11 is 0. The summed E-state index contributed by atoms with van der Waals surface area (Å²) in [6.07, 6.45) is 11.9. The normalized spacial score (nSPS) is 20.5. The Kier molecular flexibility index (Phi) is 5.34. The second kappa shape index (κ2) is 7.98. The van der Waals surface area contributed by atoms with Gasteiger partial charge in [0.05, 0.1) is 23.9 Å². The first-order valence-corrected chi connectivity index (χ1v) is 10.3. The second-order valence-corrected chi connectivity index (χ2v) is 8.60. The Hall–Kier alpha value is -3.49. The van der Waals surface area contributed by atoms with E-state index in [0.717, 1.165) is 22.7 Å². The van der Waals surface area contributed by atoms with Gasteiger partial charge in [-0.3, -0.25) is 4.79 Å². The van der Waals surface area contributed by atoms with Crippen molar-refractivity contribution in [1.82, 2.24) is 30.1 Å². The average molecular weight is 422 g/mol. The van der Waals surface area contributed by atoms with Crippen LogP contribution in [0.4, 0.5) is 0 Å². The zero-order chi connectivity index (χ0) is 22.2. The van der Waals surface area contributed by atoms with Crippen LogP contribution in [0.2, 0.25) is 0 Å². The van der Waals surface area contributed by atoms with Gasteiger partial charge in [0.1, 0.15) is 6.04 Å². The van der Waals surface area contributed by atoms with Crippen molar-refractivity contribution < 1.29 is 9.21 Å². The molecular formula is C22H27N7O2. The van der Waals surface area contributed by atoms with Crippen LogP contribution in [0.3, 0.4) is 0 Å². The summed E-state index contributed by atoms with van der Waals surface area (Å²) in [5.74, 6) is 0.0784. The van der Waals surface area contributed by atoms with E-state index in [4.69, 9.17) is 4.42 Å². The van der Waals surface area contributed by atoms with Gasteiger partial charge in [-0.2, -0.15) is 5.10 Å². The highest BCUT2D eigenvalue weighted by molar-refractivity contribution is 5.92. The monoisotopic (exact) mass is 421 g/mol. The average Bonchev–Trinajstić information content (AvgIpc) is 3.41. The Labute approximate surface area is 181 Å². The number of imidazole rings is 1. The molecule has 162 valence electrons. The van der Waals surface area contributed by atoms with Crippen LogP contribution in [0.25, 0.3) is 0 Å². The maximum absolute atomic E-state index is 13.3. The van der Waals surface area contributed by atoms with Gasteiger partial charge in [-0.05, 0) is 25.5 Å². The third-order valence-electron chi connectivity index (χ3n) is 5.31. The van der Waals surface area contributed by atoms with Crippen LogP contribution in [0.1, 0.15) is 68.6 Å². The van der Waals surface area contributed by atoms with Crippen molar-refractivity contribution >= 4 is 12.1 Å². The van der Waals surface area contributed by atoms with Crippen LogP contribution in [0.15, 0.2) is 51.5 Å². The molecule has 1 N–H and O–H groups in total. The third-order valence-corrected chi connectivity index (χ3v) is 5.31. The number of nitrogens with one attached hydrogen (secondary N) is 1. The lowest BCUT2D eigenvalue weighted by Crippen LogP contribution is -2.41. The second-order valence-electron chi connectivity index (χ2n) is 8.60. The summed E-state index contributed by atoms with van der Waals surface area (Å²) in [5.41, 5.74) is 3.53. The number of hydrogen-bond donors (Lipinski definition) is 1. The maximum atomic E-state index is 13.3. The van der Waals surface area contributed by atoms with Gasteiger partial charge >= 0.3 is 11.8 Å². The van der Waals surface area contributed by atoms with Gasteiger partial charge in [0.2, 0.25) is 5.89 Å². The van der Waals surface area contributed by atoms with Crippen LogP contribution in [-0.4, -0.2) is 48.7 Å². The van der Waals surface area contributed by atoms with Crippen molar-refractivity contribution in [2.45, 2.75) is 52.5 Å². The number of aromatic nitrogens is 4. The van der Waals surface area contributed by atoms with E-state index in [-0.39, 0.29) is 17.2 Å². The zero-order valence-corrected chi connectivity index (χ0v) is 18.5. The zero-order valence-electron chi connectivity index (χ0n) is 18.5. The van der Waals surface area contributed by atoms with Gasteiger partial charge in [-0.15, -0.1) is 10.2 Å². The minimum atomic E-state index is -0.454. The van der Waals surface area contributed by atoms with Gasteiger partial charge in [0, 0.05) is 30.3 Å². The van der Waals surface area contributed by atoms with E-state index in [9.17, 15) is 4.79 Å². The van der Waals surface area contributed by atoms with E-state index in [1.807, 2.05) is 59.0 Å². The van der Waals surface area contributed by atoms with Crippen molar-refractivity contribution in [2.24, 2.45) is 5.10 Å². The van der Waals surface area contributed by atoms with E-state index in [1.54, 1.807) is 22.5 Å². The lowest BCUT2D eigenvalue weighted by atomic mass is 9.97. The van der Waals surface area contributed by atoms with Crippen LogP contribution in [0, 0.1) is 0 Å². The molecule has 2 aliphatic heterocycles. The summed E-state index contributed by atoms with van der Waals surface area (Å²) in [6, 6.07) is -0.454. The smallest absolute Gasteiger partial charge is 0.312 e. The van der Waals surface area contributed by atoms with Gasteiger partial charge < -0.3 is 14.3 Å². The summed E-state index contributed by atoms with van der Waals surface area (Å²) in [5, 5.41) is 14.5. The van der Waals surface area contributed by atoms with Crippen LogP contribution in [-0.2, 0) is 11.8 Å². The lowest BCUT2D eigenvalue weighted by molar-refractivity contribution is 0.0668. The number of fused-ring (bicyclic) bond motifs is 1. The quantitative estimate of drug-likeness (QED) is 0.761. The molecule has 0 unspecified atom stereocenters. The lowest BCUT2D eigenvalue weighted by Gasteiger charge is -2.32. The molecule has 4 heterocycles. The van der Waals surface area contributed by atoms with Crippen molar-refractivity contribution in [3.8, 4) is 0 Å². The van der Waals surface area contributed by atoms with Crippen molar-refractivity contribution in [3.05, 3.63) is 65.2 Å². The molecule has 0 spiro atoms. The molecule has 2 aromatic heterocycles. The number of aromatic amines is 1. The predicted molar refractivity (Wildman–Crippen MR) is 116 cm³/mol. The van der Waals surface area contributed by atoms with Gasteiger partial charge in [0.25, 0.3) is 0 Å². The Morgan fingerprint density at radius 2 is 2.16 bits per heavy atom. The van der Waals surface area contributed by atoms with Crippen LogP contribution in [0.5, 0.6) is 0 Å². The molecule has 9 heteroatoms. The first-order valence-electron chi connectivity index (χ1n) is 10.3. The molecule has 4 rings (SSSR count). The topological polar surface area (TPSA) is 104 Å². The highest BCUT2D eigenvalue weighted by atomic mass is 16.4. The Balaban J connectivity index is 1.65. The maximum Gasteiger partial charge on any atom is 0.312 e. The number of hydrazone groups is 1. The highest BCUT2D eigenvalue weighted by Gasteiger charge is 2.35. The standard InChI is InChI=1S/C22H27N7O2/c1-6-16-14(2)8-7-10-29(16)25-12-17-18-15(23-13-24-18)9-11-28(17)20(30)19-26-27-21(31-19)22(3,4)5/h6-8,10,12-13,17H,9,11H2,1-5H3,(H,23,24)/b16-6-,25-12+/t17-/m0/s1. The Morgan fingerprint density at radius 3 is 2.87 bits per heavy atom. The molecule has 0 saturated carbocycles. The van der Waals surface area contributed by atoms with E-state index in [0.29, 0.717) is 18.9 Å². The SMILES string of the molecule is C/C=C1/C(C)=CC=CN1/N=C/[C@H]1c2nc[nH]c2CCN1C(=O)c1nnc(C(C)(C)C)o1. The number of H-pyrrole nitrogens is 1. The third kappa shape index (κ3) is 3.95. The number of carbonyl (C=O) groups excluding carboxylic acids is 1. The van der Waals surface area contributed by atoms with Crippen molar-refractivity contribution in [2.75, 3.05) is 6.54 Å². The summed E-state index contributed by atoms with van der Waals surface area (Å²) in [4.78, 5) is 22.6. The highest BCUT2D eigenvalue weighted by Crippen LogP contribution is 2.29. The fraction of sp³-hybridized carbons (Fsp3) is 0.409. The number of rotatable bonds is 3. The molecule has 1 atom stereocenters. The molecular weight excluding hydrogens is 394 g/mol. The predicted octanol–water partition coefficient (Wildman–Crippen LogP) is 3.50. The molecule has 1 amide bonds. The fourth-order valence-electron chi connectivity index (χ4n) is 3.63. The summed E-state index contributed by atoms with van der Waals surface area (Å²) in [7, 11) is 0. The first-order chi connectivity index (χ1) is 14.8. The van der Waals surface area contributed by atoms with E-state index >= 15 is 0 Å². The molecule has 31 heavy (non-hydrogen) atoms. The molecule has 2 aliphatic rings. The number of allylic oxidation sites excluding steroid dienone is 4. The van der Waals surface area contributed by atoms with Gasteiger partial charge in [-0.25, -0.2) is 9.99 Å². The van der Waals surface area contributed by atoms with E-state index < -0.39 is 6.04 Å². The van der Waals surface area contributed by atoms with Crippen molar-refractivity contribution in [1.29, 1.82) is 0 Å². The number of hydrogen-bond acceptors (Lipinski definition) is 7. The molecule has 0 fully saturated rings. The Morgan fingerprint density at radius 1 is 1.35 bits per heavy atom. The molecule has 0 bridgehead atoms. The Bertz CT molecular complexity index is 1100. The molecule has 0 aromatic carbocycles. The molecule has 2 aromatic rings. The molecule has 9 nitrogen and oxygen atoms in total. The molecule has 0 aliphatic carbocycles. The summed E-state index contributed by atoms with van der Waals surface area (Å²) in [6.45, 7) is 10.4. The number of amides is 1. The van der Waals surface area contributed by atoms with Gasteiger partial charge in [-0.1, -0.05) is 32.9 Å². The minimum absolute atomic E-state index is 0.0203. The van der Waals surface area contributed by atoms with E-state index in [2.05, 4.69) is 25.3 Å². The minimum Gasteiger partial charge on any atom is -0.416 e. The summed E-state index contributed by atoms with van der Waals surface area (Å²) < 4.78 is 5.70. The van der Waals surface area contributed by atoms with Gasteiger partial charge in [0.15, 0.2) is 0 Å². The number of nitrogens with zero attached hydrogens (tertiary/aromatic N) is 6. The molecule has 0 radical (unpaired) electrons. The largest absolute Gasteiger partial charge is 0.416 e. The first kappa shape index (κ1) is 20.8. The van der Waals surface area contributed by atoms with Crippen molar-refractivity contribution in [3.63, 3.8) is 0 Å². The number of carbonyl (C=O) groups is 1. The van der Waals surface area contributed by atoms with E-state index in [1.165, 1.54) is 0 Å².